The van der Waals surface area contributed by atoms with E-state index in [1.54, 1.807) is 0 Å². The van der Waals surface area contributed by atoms with Crippen LogP contribution in [0.25, 0.3) is 0 Å². The SMILES string of the molecule is CCCCS(CCCC)(CC(=O)C(C)C)[OH+]S(=O)(=O)CCCC. The van der Waals surface area contributed by atoms with Crippen molar-refractivity contribution in [2.75, 3.05) is 23.0 Å². The van der Waals surface area contributed by atoms with Crippen LogP contribution in [0.5, 0.6) is 0 Å². The molecule has 0 aliphatic heterocycles. The van der Waals surface area contributed by atoms with E-state index in [-0.39, 0.29) is 17.5 Å². The highest BCUT2D eigenvalue weighted by molar-refractivity contribution is 8.32. The molecule has 140 valence electrons. The fourth-order valence-corrected chi connectivity index (χ4v) is 8.90. The Balaban J connectivity index is 5.36. The van der Waals surface area contributed by atoms with E-state index in [1.807, 2.05) is 20.8 Å². The molecule has 0 aliphatic rings. The van der Waals surface area contributed by atoms with Crippen LogP contribution in [-0.4, -0.2) is 40.8 Å². The lowest BCUT2D eigenvalue weighted by Crippen LogP contribution is -2.30. The highest BCUT2D eigenvalue weighted by Crippen LogP contribution is 2.50. The first kappa shape index (κ1) is 22.9. The third kappa shape index (κ3) is 9.72. The molecule has 0 saturated heterocycles. The second-order valence-corrected chi connectivity index (χ2v) is 11.9. The Bertz CT molecular complexity index is 422. The number of rotatable bonds is 14. The van der Waals surface area contributed by atoms with Crippen LogP contribution in [0, 0.1) is 5.92 Å². The van der Waals surface area contributed by atoms with Crippen molar-refractivity contribution >= 4 is 26.2 Å². The lowest BCUT2D eigenvalue weighted by molar-refractivity contribution is -0.119. The van der Waals surface area contributed by atoms with E-state index < -0.39 is 20.4 Å². The van der Waals surface area contributed by atoms with Crippen molar-refractivity contribution in [2.45, 2.75) is 73.1 Å². The van der Waals surface area contributed by atoms with Crippen molar-refractivity contribution in [3.63, 3.8) is 0 Å². The fourth-order valence-electron chi connectivity index (χ4n) is 2.21. The summed E-state index contributed by atoms with van der Waals surface area (Å²) in [6.07, 6.45) is 5.37. The third-order valence-corrected chi connectivity index (χ3v) is 9.74. The maximum absolute atomic E-state index is 12.4. The molecule has 0 bridgehead atoms. The number of hydrogen-bond acceptors (Lipinski definition) is 3. The molecule has 0 fully saturated rings. The molecule has 1 N–H and O–H groups in total. The van der Waals surface area contributed by atoms with Crippen LogP contribution in [-0.2, 0) is 14.9 Å². The summed E-state index contributed by atoms with van der Waals surface area (Å²) in [7, 11) is -5.19. The minimum absolute atomic E-state index is 0.0568. The van der Waals surface area contributed by atoms with Gasteiger partial charge >= 0.3 is 10.1 Å². The Kier molecular flexibility index (Phi) is 11.4. The van der Waals surface area contributed by atoms with Gasteiger partial charge in [-0.2, -0.15) is 8.42 Å². The zero-order valence-electron chi connectivity index (χ0n) is 15.6. The fraction of sp³-hybridized carbons (Fsp3) is 0.941. The van der Waals surface area contributed by atoms with Gasteiger partial charge in [-0.05, 0) is 29.6 Å². The Morgan fingerprint density at radius 2 is 1.30 bits per heavy atom. The van der Waals surface area contributed by atoms with Crippen molar-refractivity contribution in [2.24, 2.45) is 5.92 Å². The largest absolute Gasteiger partial charge is 0.390 e. The highest BCUT2D eigenvalue weighted by atomic mass is 32.3. The zero-order valence-corrected chi connectivity index (χ0v) is 17.3. The lowest BCUT2D eigenvalue weighted by Gasteiger charge is -2.34. The van der Waals surface area contributed by atoms with E-state index in [0.29, 0.717) is 12.2 Å². The summed E-state index contributed by atoms with van der Waals surface area (Å²) in [6, 6.07) is 0. The Morgan fingerprint density at radius 3 is 1.70 bits per heavy atom. The van der Waals surface area contributed by atoms with Gasteiger partial charge in [0.05, 0.1) is 5.75 Å². The molecule has 0 unspecified atom stereocenters. The summed E-state index contributed by atoms with van der Waals surface area (Å²) in [5.41, 5.74) is 0. The summed E-state index contributed by atoms with van der Waals surface area (Å²) in [5, 5.41) is 0. The predicted molar refractivity (Wildman–Crippen MR) is 103 cm³/mol. The Labute approximate surface area is 145 Å². The maximum Gasteiger partial charge on any atom is 0.390 e. The van der Waals surface area contributed by atoms with Crippen LogP contribution < -0.4 is 0 Å². The van der Waals surface area contributed by atoms with E-state index >= 15 is 0 Å². The van der Waals surface area contributed by atoms with Gasteiger partial charge < -0.3 is 0 Å². The average Bonchev–Trinajstić information content (AvgIpc) is 2.48. The van der Waals surface area contributed by atoms with Crippen LogP contribution in [0.2, 0.25) is 0 Å². The van der Waals surface area contributed by atoms with Crippen molar-refractivity contribution < 1.29 is 16.8 Å². The van der Waals surface area contributed by atoms with E-state index in [2.05, 4.69) is 17.5 Å². The molecule has 0 rings (SSSR count). The summed E-state index contributed by atoms with van der Waals surface area (Å²) in [6.45, 7) is 9.95. The smallest absolute Gasteiger partial charge is 0.298 e. The second-order valence-electron chi connectivity index (χ2n) is 6.59. The van der Waals surface area contributed by atoms with Gasteiger partial charge in [-0.15, -0.1) is 0 Å². The van der Waals surface area contributed by atoms with Crippen molar-refractivity contribution in [3.05, 3.63) is 0 Å². The van der Waals surface area contributed by atoms with E-state index in [0.717, 1.165) is 43.6 Å². The van der Waals surface area contributed by atoms with Crippen molar-refractivity contribution in [3.8, 4) is 0 Å². The summed E-state index contributed by atoms with van der Waals surface area (Å²) < 4.78 is 29.3. The minimum Gasteiger partial charge on any atom is -0.298 e. The number of ketones is 1. The topological polar surface area (TPSA) is 64.0 Å². The summed E-state index contributed by atoms with van der Waals surface area (Å²) in [5.74, 6) is 2.10. The van der Waals surface area contributed by atoms with Gasteiger partial charge in [0.25, 0.3) is 0 Å². The Hall–Kier alpha value is -0.0700. The van der Waals surface area contributed by atoms with Gasteiger partial charge in [-0.1, -0.05) is 53.9 Å². The van der Waals surface area contributed by atoms with Gasteiger partial charge in [-0.25, -0.2) is 0 Å². The molecule has 6 heteroatoms. The lowest BCUT2D eigenvalue weighted by atomic mass is 10.1. The van der Waals surface area contributed by atoms with Crippen molar-refractivity contribution in [1.29, 1.82) is 0 Å². The average molecular weight is 370 g/mol. The van der Waals surface area contributed by atoms with E-state index in [9.17, 15) is 13.2 Å². The molecule has 0 radical (unpaired) electrons. The molecule has 0 aliphatic carbocycles. The second kappa shape index (κ2) is 11.5. The quantitative estimate of drug-likeness (QED) is 0.328. The number of Topliss-reactive ketones (excluding diaryl/α,β-unsaturated/α-hetero) is 1. The molecule has 0 amide bonds. The van der Waals surface area contributed by atoms with E-state index in [1.165, 1.54) is 0 Å². The molecule has 0 aromatic carbocycles. The first-order valence-electron chi connectivity index (χ1n) is 8.98. The molecular formula is C17H37O4S2+. The first-order chi connectivity index (χ1) is 10.7. The van der Waals surface area contributed by atoms with Crippen LogP contribution >= 0.6 is 10.3 Å². The number of unbranched alkanes of at least 4 members (excludes halogenated alkanes) is 3. The molecule has 23 heavy (non-hydrogen) atoms. The van der Waals surface area contributed by atoms with Crippen molar-refractivity contribution in [1.82, 2.24) is 0 Å². The number of carbonyl (C=O) groups is 1. The Morgan fingerprint density at radius 1 is 0.870 bits per heavy atom. The molecule has 0 heterocycles. The molecule has 0 saturated carbocycles. The van der Waals surface area contributed by atoms with Gasteiger partial charge in [0.1, 0.15) is 11.5 Å². The standard InChI is InChI=1S/C17H36O4S2/c1-6-9-12-22(13-10-7-2,15-17(18)16(4)5)21-23(19,20)14-11-8-3/h16H,6-15H2,1-5H3/p+1. The highest BCUT2D eigenvalue weighted by Gasteiger charge is 2.38. The molecule has 4 nitrogen and oxygen atoms in total. The van der Waals surface area contributed by atoms with Gasteiger partial charge in [0, 0.05) is 17.4 Å². The third-order valence-electron chi connectivity index (χ3n) is 3.84. The molecule has 0 atom stereocenters. The molecule has 0 aromatic heterocycles. The van der Waals surface area contributed by atoms with Crippen LogP contribution in [0.15, 0.2) is 0 Å². The predicted octanol–water partition coefficient (Wildman–Crippen LogP) is 4.75. The number of hydrogen-bond donors (Lipinski definition) is 0. The van der Waals surface area contributed by atoms with Crippen LogP contribution in [0.4, 0.5) is 0 Å². The van der Waals surface area contributed by atoms with Gasteiger partial charge in [-0.3, -0.25) is 8.42 Å². The monoisotopic (exact) mass is 369 g/mol. The van der Waals surface area contributed by atoms with Crippen LogP contribution in [0.1, 0.15) is 73.1 Å². The molecule has 0 spiro atoms. The first-order valence-corrected chi connectivity index (χ1v) is 12.7. The normalized spacial score (nSPS) is 13.5. The minimum atomic E-state index is -3.42. The molecule has 0 aromatic rings. The van der Waals surface area contributed by atoms with Gasteiger partial charge in [0.2, 0.25) is 0 Å². The van der Waals surface area contributed by atoms with Crippen LogP contribution in [0.3, 0.4) is 0 Å². The summed E-state index contributed by atoms with van der Waals surface area (Å²) in [4.78, 5) is 12.4. The van der Waals surface area contributed by atoms with E-state index in [4.69, 9.17) is 0 Å². The zero-order chi connectivity index (χ0) is 17.9. The summed E-state index contributed by atoms with van der Waals surface area (Å²) >= 11 is 0. The van der Waals surface area contributed by atoms with Gasteiger partial charge in [0.15, 0.2) is 0 Å². The molecular weight excluding hydrogens is 332 g/mol. The maximum atomic E-state index is 12.4. The number of carbonyl (C=O) groups excluding carboxylic acids is 1.